The third kappa shape index (κ3) is 3.49. The Morgan fingerprint density at radius 1 is 0.967 bits per heavy atom. The molecule has 8 heteroatoms. The summed E-state index contributed by atoms with van der Waals surface area (Å²) in [6.07, 6.45) is 2.27. The molecular formula is C22H27N3O5. The van der Waals surface area contributed by atoms with Crippen LogP contribution < -0.4 is 0 Å². The van der Waals surface area contributed by atoms with Gasteiger partial charge in [-0.25, -0.2) is 9.80 Å². The standard InChI is InChI=1S/C22H27N3O5/c1-22(2,3)30-21(29)17-11-7-13-23-12-6-10-16(20(28)25(17)23)24-18(26)14-8-4-5-9-15(14)19(24)27/h4-5,8-9,16-17H,6-7,10-13H2,1-3H3. The molecule has 0 saturated carbocycles. The molecule has 1 aromatic rings. The maximum atomic E-state index is 13.6. The molecule has 0 aromatic heterocycles. The molecule has 8 nitrogen and oxygen atoms in total. The SMILES string of the molecule is CC(C)(C)OC(=O)C1CCCN2CCCC(N3C(=O)c4ccccc4C3=O)C(=O)N12. The topological polar surface area (TPSA) is 87.2 Å². The van der Waals surface area contributed by atoms with Crippen molar-refractivity contribution in [3.05, 3.63) is 35.4 Å². The Balaban J connectivity index is 1.64. The zero-order chi connectivity index (χ0) is 21.6. The van der Waals surface area contributed by atoms with Crippen LogP contribution in [-0.4, -0.2) is 69.4 Å². The van der Waals surface area contributed by atoms with E-state index in [1.54, 1.807) is 45.0 Å². The molecule has 160 valence electrons. The van der Waals surface area contributed by atoms with Crippen LogP contribution in [0.3, 0.4) is 0 Å². The molecule has 0 bridgehead atoms. The number of fused-ring (bicyclic) bond motifs is 2. The lowest BCUT2D eigenvalue weighted by atomic mass is 10.1. The number of imide groups is 1. The fourth-order valence-corrected chi connectivity index (χ4v) is 4.47. The van der Waals surface area contributed by atoms with Gasteiger partial charge < -0.3 is 4.74 Å². The van der Waals surface area contributed by atoms with Gasteiger partial charge in [-0.3, -0.25) is 24.3 Å². The summed E-state index contributed by atoms with van der Waals surface area (Å²) in [6, 6.07) is 4.94. The van der Waals surface area contributed by atoms with Gasteiger partial charge in [0.05, 0.1) is 11.1 Å². The number of benzene rings is 1. The third-order valence-electron chi connectivity index (χ3n) is 5.71. The number of hydrazine groups is 1. The molecule has 2 atom stereocenters. The molecule has 1 aromatic carbocycles. The average molecular weight is 413 g/mol. The van der Waals surface area contributed by atoms with Crippen molar-refractivity contribution in [3.63, 3.8) is 0 Å². The zero-order valence-corrected chi connectivity index (χ0v) is 17.6. The van der Waals surface area contributed by atoms with Crippen molar-refractivity contribution in [3.8, 4) is 0 Å². The first-order chi connectivity index (χ1) is 14.2. The third-order valence-corrected chi connectivity index (χ3v) is 5.71. The molecule has 0 radical (unpaired) electrons. The van der Waals surface area contributed by atoms with Gasteiger partial charge in [-0.1, -0.05) is 12.1 Å². The molecule has 3 aliphatic heterocycles. The molecular weight excluding hydrogens is 386 g/mol. The van der Waals surface area contributed by atoms with Gasteiger partial charge in [0.1, 0.15) is 17.7 Å². The highest BCUT2D eigenvalue weighted by atomic mass is 16.6. The summed E-state index contributed by atoms with van der Waals surface area (Å²) in [6.45, 7) is 6.61. The number of rotatable bonds is 2. The van der Waals surface area contributed by atoms with Gasteiger partial charge in [-0.15, -0.1) is 0 Å². The van der Waals surface area contributed by atoms with Crippen molar-refractivity contribution in [1.29, 1.82) is 0 Å². The van der Waals surface area contributed by atoms with Crippen LogP contribution in [-0.2, 0) is 14.3 Å². The Bertz CT molecular complexity index is 871. The molecule has 0 aliphatic carbocycles. The van der Waals surface area contributed by atoms with E-state index in [0.29, 0.717) is 43.5 Å². The van der Waals surface area contributed by atoms with Gasteiger partial charge >= 0.3 is 5.97 Å². The first-order valence-electron chi connectivity index (χ1n) is 10.5. The van der Waals surface area contributed by atoms with Crippen LogP contribution in [0.5, 0.6) is 0 Å². The van der Waals surface area contributed by atoms with Crippen molar-refractivity contribution in [2.24, 2.45) is 0 Å². The number of hydrogen-bond acceptors (Lipinski definition) is 6. The Hall–Kier alpha value is -2.74. The van der Waals surface area contributed by atoms with E-state index in [4.69, 9.17) is 4.74 Å². The molecule has 30 heavy (non-hydrogen) atoms. The number of carbonyl (C=O) groups excluding carboxylic acids is 4. The molecule has 3 heterocycles. The number of amides is 3. The first kappa shape index (κ1) is 20.5. The number of hydrogen-bond donors (Lipinski definition) is 0. The predicted octanol–water partition coefficient (Wildman–Crippen LogP) is 1.99. The summed E-state index contributed by atoms with van der Waals surface area (Å²) in [7, 11) is 0. The number of carbonyl (C=O) groups is 4. The van der Waals surface area contributed by atoms with Gasteiger partial charge in [-0.2, -0.15) is 0 Å². The van der Waals surface area contributed by atoms with Gasteiger partial charge in [0, 0.05) is 13.1 Å². The van der Waals surface area contributed by atoms with Gasteiger partial charge in [0.2, 0.25) is 0 Å². The Labute approximate surface area is 175 Å². The molecule has 0 N–H and O–H groups in total. The second kappa shape index (κ2) is 7.50. The quantitative estimate of drug-likeness (QED) is 0.544. The van der Waals surface area contributed by atoms with Crippen molar-refractivity contribution < 1.29 is 23.9 Å². The van der Waals surface area contributed by atoms with Crippen molar-refractivity contribution in [2.75, 3.05) is 13.1 Å². The zero-order valence-electron chi connectivity index (χ0n) is 17.6. The molecule has 0 spiro atoms. The largest absolute Gasteiger partial charge is 0.458 e. The van der Waals surface area contributed by atoms with Crippen LogP contribution in [0.25, 0.3) is 0 Å². The normalized spacial score (nSPS) is 25.1. The van der Waals surface area contributed by atoms with E-state index >= 15 is 0 Å². The minimum absolute atomic E-state index is 0.318. The molecule has 3 amide bonds. The molecule has 2 fully saturated rings. The second-order valence-electron chi connectivity index (χ2n) is 9.01. The lowest BCUT2D eigenvalue weighted by Crippen LogP contribution is -2.62. The van der Waals surface area contributed by atoms with Crippen LogP contribution in [0.15, 0.2) is 24.3 Å². The van der Waals surface area contributed by atoms with E-state index in [0.717, 1.165) is 11.3 Å². The van der Waals surface area contributed by atoms with Gasteiger partial charge in [-0.05, 0) is 58.6 Å². The highest BCUT2D eigenvalue weighted by Crippen LogP contribution is 2.31. The fourth-order valence-electron chi connectivity index (χ4n) is 4.47. The molecule has 4 rings (SSSR count). The highest BCUT2D eigenvalue weighted by Gasteiger charge is 2.49. The number of esters is 1. The predicted molar refractivity (Wildman–Crippen MR) is 107 cm³/mol. The van der Waals surface area contributed by atoms with E-state index in [2.05, 4.69) is 0 Å². The first-order valence-corrected chi connectivity index (χ1v) is 10.5. The van der Waals surface area contributed by atoms with Crippen molar-refractivity contribution in [2.45, 2.75) is 64.1 Å². The monoisotopic (exact) mass is 413 g/mol. The molecule has 2 saturated heterocycles. The van der Waals surface area contributed by atoms with E-state index in [9.17, 15) is 19.2 Å². The highest BCUT2D eigenvalue weighted by molar-refractivity contribution is 6.22. The summed E-state index contributed by atoms with van der Waals surface area (Å²) in [5.74, 6) is -1.75. The van der Waals surface area contributed by atoms with E-state index < -0.39 is 41.4 Å². The van der Waals surface area contributed by atoms with Crippen LogP contribution in [0, 0.1) is 0 Å². The maximum absolute atomic E-state index is 13.6. The summed E-state index contributed by atoms with van der Waals surface area (Å²) in [5.41, 5.74) is -0.0339. The van der Waals surface area contributed by atoms with Crippen LogP contribution in [0.2, 0.25) is 0 Å². The Kier molecular flexibility index (Phi) is 5.13. The fraction of sp³-hybridized carbons (Fsp3) is 0.545. The summed E-state index contributed by atoms with van der Waals surface area (Å²) >= 11 is 0. The lowest BCUT2D eigenvalue weighted by Gasteiger charge is -2.43. The minimum Gasteiger partial charge on any atom is -0.458 e. The summed E-state index contributed by atoms with van der Waals surface area (Å²) in [5, 5.41) is 3.33. The van der Waals surface area contributed by atoms with Gasteiger partial charge in [0.25, 0.3) is 17.7 Å². The molecule has 3 aliphatic rings. The van der Waals surface area contributed by atoms with Crippen LogP contribution in [0.1, 0.15) is 67.2 Å². The second-order valence-corrected chi connectivity index (χ2v) is 9.01. The average Bonchev–Trinajstić information content (AvgIpc) is 2.83. The minimum atomic E-state index is -0.926. The smallest absolute Gasteiger partial charge is 0.331 e. The summed E-state index contributed by atoms with van der Waals surface area (Å²) < 4.78 is 5.56. The number of ether oxygens (including phenoxy) is 1. The molecule has 2 unspecified atom stereocenters. The van der Waals surface area contributed by atoms with Crippen LogP contribution >= 0.6 is 0 Å². The van der Waals surface area contributed by atoms with E-state index in [-0.39, 0.29) is 0 Å². The number of nitrogens with zero attached hydrogens (tertiary/aromatic N) is 3. The lowest BCUT2D eigenvalue weighted by molar-refractivity contribution is -0.184. The van der Waals surface area contributed by atoms with E-state index in [1.165, 1.54) is 5.01 Å². The maximum Gasteiger partial charge on any atom is 0.331 e. The Morgan fingerprint density at radius 2 is 1.53 bits per heavy atom. The van der Waals surface area contributed by atoms with Crippen molar-refractivity contribution in [1.82, 2.24) is 14.9 Å². The Morgan fingerprint density at radius 3 is 2.10 bits per heavy atom. The van der Waals surface area contributed by atoms with Crippen LogP contribution in [0.4, 0.5) is 0 Å². The summed E-state index contributed by atoms with van der Waals surface area (Å²) in [4.78, 5) is 53.5. The van der Waals surface area contributed by atoms with Gasteiger partial charge in [0.15, 0.2) is 0 Å². The van der Waals surface area contributed by atoms with E-state index in [1.807, 2.05) is 5.01 Å². The van der Waals surface area contributed by atoms with Crippen molar-refractivity contribution >= 4 is 23.7 Å².